The van der Waals surface area contributed by atoms with Crippen molar-refractivity contribution in [3.05, 3.63) is 126 Å². The topological polar surface area (TPSA) is 149 Å². The SMILES string of the molecule is COc1ccc([Si](C)(C)[C@@H]2[C@@H](CCn3cc([C@H](O)c4ccccc4)nn3)O[C@]3(C(=O)N(Cc4ccc(N5CCOC5=O)cc4)c4ccc(N5CCOC5=O)cc43)[C@H]2C)cc1. The molecule has 0 saturated carbocycles. The van der Waals surface area contributed by atoms with E-state index in [1.165, 1.54) is 5.19 Å². The number of rotatable bonds is 12. The van der Waals surface area contributed by atoms with E-state index in [1.807, 2.05) is 84.9 Å². The number of carbonyl (C=O) groups is 3. The van der Waals surface area contributed by atoms with E-state index in [0.29, 0.717) is 44.0 Å². The number of ether oxygens (including phenoxy) is 4. The molecule has 310 valence electrons. The van der Waals surface area contributed by atoms with E-state index >= 15 is 4.79 Å². The van der Waals surface area contributed by atoms with Crippen LogP contribution in [0.3, 0.4) is 0 Å². The lowest BCUT2D eigenvalue weighted by atomic mass is 9.82. The summed E-state index contributed by atoms with van der Waals surface area (Å²) in [6.45, 7) is 9.01. The monoisotopic (exact) mass is 828 g/mol. The lowest BCUT2D eigenvalue weighted by Crippen LogP contribution is -2.51. The molecule has 0 bridgehead atoms. The molecule has 14 nitrogen and oxygen atoms in total. The van der Waals surface area contributed by atoms with Gasteiger partial charge in [-0.05, 0) is 65.6 Å². The van der Waals surface area contributed by atoms with Gasteiger partial charge in [-0.3, -0.25) is 19.3 Å². The molecule has 1 aromatic heterocycles. The molecule has 5 aromatic rings. The molecule has 15 heteroatoms. The lowest BCUT2D eigenvalue weighted by Gasteiger charge is -2.37. The van der Waals surface area contributed by atoms with Gasteiger partial charge >= 0.3 is 12.2 Å². The maximum atomic E-state index is 15.5. The van der Waals surface area contributed by atoms with Crippen LogP contribution in [0.5, 0.6) is 5.75 Å². The lowest BCUT2D eigenvalue weighted by molar-refractivity contribution is -0.146. The Morgan fingerprint density at radius 1 is 0.883 bits per heavy atom. The van der Waals surface area contributed by atoms with Crippen LogP contribution in [-0.2, 0) is 37.7 Å². The predicted octanol–water partition coefficient (Wildman–Crippen LogP) is 6.13. The van der Waals surface area contributed by atoms with Gasteiger partial charge in [-0.25, -0.2) is 9.59 Å². The van der Waals surface area contributed by atoms with Crippen LogP contribution >= 0.6 is 0 Å². The Morgan fingerprint density at radius 3 is 2.20 bits per heavy atom. The van der Waals surface area contributed by atoms with Crippen LogP contribution in [0.15, 0.2) is 103 Å². The molecule has 3 fully saturated rings. The van der Waals surface area contributed by atoms with Crippen LogP contribution in [0.1, 0.15) is 41.8 Å². The summed E-state index contributed by atoms with van der Waals surface area (Å²) < 4.78 is 25.1. The number of methoxy groups -OCH3 is 1. The number of aliphatic hydroxyl groups excluding tert-OH is 1. The number of amides is 3. The first-order valence-corrected chi connectivity index (χ1v) is 23.5. The maximum absolute atomic E-state index is 15.5. The van der Waals surface area contributed by atoms with E-state index in [-0.39, 0.29) is 42.7 Å². The predicted molar refractivity (Wildman–Crippen MR) is 226 cm³/mol. The number of anilines is 3. The van der Waals surface area contributed by atoms with Crippen molar-refractivity contribution in [1.29, 1.82) is 0 Å². The van der Waals surface area contributed by atoms with Crippen LogP contribution in [0.25, 0.3) is 0 Å². The number of aromatic nitrogens is 3. The molecule has 1 N–H and O–H groups in total. The third-order valence-electron chi connectivity index (χ3n) is 12.8. The van der Waals surface area contributed by atoms with Crippen molar-refractivity contribution in [2.75, 3.05) is 48.1 Å². The molecule has 0 radical (unpaired) electrons. The third-order valence-corrected chi connectivity index (χ3v) is 17.2. The highest BCUT2D eigenvalue weighted by Crippen LogP contribution is 2.60. The normalized spacial score (nSPS) is 23.1. The number of aliphatic hydroxyl groups is 1. The highest BCUT2D eigenvalue weighted by atomic mass is 28.3. The molecule has 5 heterocycles. The Labute approximate surface area is 349 Å². The molecule has 0 unspecified atom stereocenters. The van der Waals surface area contributed by atoms with Crippen molar-refractivity contribution in [2.24, 2.45) is 5.92 Å². The number of benzene rings is 4. The van der Waals surface area contributed by atoms with Gasteiger partial charge in [0, 0.05) is 29.4 Å². The van der Waals surface area contributed by atoms with Crippen LogP contribution in [0.4, 0.5) is 26.7 Å². The Hall–Kier alpha value is -6.03. The average Bonchev–Trinajstić information content (AvgIpc) is 4.11. The van der Waals surface area contributed by atoms with E-state index in [0.717, 1.165) is 33.8 Å². The zero-order valence-electron chi connectivity index (χ0n) is 34.1. The molecule has 4 aliphatic rings. The van der Waals surface area contributed by atoms with Crippen LogP contribution in [0.2, 0.25) is 18.6 Å². The first-order chi connectivity index (χ1) is 29.0. The van der Waals surface area contributed by atoms with E-state index in [1.54, 1.807) is 32.7 Å². The Balaban J connectivity index is 1.09. The molecule has 3 amide bonds. The second-order valence-electron chi connectivity index (χ2n) is 16.5. The zero-order valence-corrected chi connectivity index (χ0v) is 35.1. The fourth-order valence-electron chi connectivity index (χ4n) is 9.73. The van der Waals surface area contributed by atoms with Gasteiger partial charge in [0.25, 0.3) is 5.91 Å². The standard InChI is InChI=1S/C45H48N6O8Si/c1-29-41(60(3,4)35-17-15-34(56-2)16-18-35)39(20-21-48-28-37(46-47-48)40(52)31-8-6-5-7-9-31)59-45(29)36-26-33(50-23-25-58-44(50)55)14-19-38(36)51(42(45)53)27-30-10-12-32(13-11-30)49-22-24-57-43(49)54/h5-19,26,28-29,39-41,52H,20-25,27H2,1-4H3/t29-,39+,40+,41-,45+/m0/s1. The minimum absolute atomic E-state index is 0.0551. The zero-order chi connectivity index (χ0) is 41.8. The van der Waals surface area contributed by atoms with E-state index in [4.69, 9.17) is 18.9 Å². The third kappa shape index (κ3) is 6.70. The van der Waals surface area contributed by atoms with Crippen molar-refractivity contribution in [2.45, 2.75) is 62.9 Å². The number of hydrogen-bond donors (Lipinski definition) is 1. The molecule has 3 saturated heterocycles. The molecule has 5 atom stereocenters. The van der Waals surface area contributed by atoms with E-state index in [9.17, 15) is 14.7 Å². The smallest absolute Gasteiger partial charge is 0.414 e. The molecule has 4 aliphatic heterocycles. The summed E-state index contributed by atoms with van der Waals surface area (Å²) in [5.41, 5.74) is 3.42. The molecule has 9 rings (SSSR count). The van der Waals surface area contributed by atoms with Crippen molar-refractivity contribution < 1.29 is 38.4 Å². The highest BCUT2D eigenvalue weighted by Gasteiger charge is 2.66. The molecule has 0 aliphatic carbocycles. The largest absolute Gasteiger partial charge is 0.497 e. The minimum atomic E-state index is -2.48. The van der Waals surface area contributed by atoms with Crippen molar-refractivity contribution in [3.8, 4) is 5.75 Å². The number of hydrogen-bond acceptors (Lipinski definition) is 10. The van der Waals surface area contributed by atoms with Gasteiger partial charge in [-0.15, -0.1) is 5.10 Å². The molecular weight excluding hydrogens is 781 g/mol. The van der Waals surface area contributed by atoms with Crippen molar-refractivity contribution in [3.63, 3.8) is 0 Å². The van der Waals surface area contributed by atoms with Gasteiger partial charge in [-0.2, -0.15) is 0 Å². The summed E-state index contributed by atoms with van der Waals surface area (Å²) in [5, 5.41) is 21.0. The molecule has 1 spiro atoms. The molecule has 60 heavy (non-hydrogen) atoms. The highest BCUT2D eigenvalue weighted by molar-refractivity contribution is 6.91. The maximum Gasteiger partial charge on any atom is 0.414 e. The Morgan fingerprint density at radius 2 is 1.55 bits per heavy atom. The van der Waals surface area contributed by atoms with Gasteiger partial charge in [-0.1, -0.05) is 85.0 Å². The first-order valence-electron chi connectivity index (χ1n) is 20.4. The Bertz CT molecular complexity index is 2410. The number of nitrogens with zero attached hydrogens (tertiary/aromatic N) is 6. The number of cyclic esters (lactones) is 2. The quantitative estimate of drug-likeness (QED) is 0.146. The molecule has 4 aromatic carbocycles. The van der Waals surface area contributed by atoms with Gasteiger partial charge in [0.15, 0.2) is 5.60 Å². The fraction of sp³-hybridized carbons (Fsp3) is 0.356. The summed E-state index contributed by atoms with van der Waals surface area (Å²) >= 11 is 0. The van der Waals surface area contributed by atoms with E-state index < -0.39 is 25.9 Å². The van der Waals surface area contributed by atoms with E-state index in [2.05, 4.69) is 42.5 Å². The molecular formula is C45H48N6O8Si. The Kier molecular flexibility index (Phi) is 10.2. The van der Waals surface area contributed by atoms with Crippen LogP contribution < -0.4 is 24.6 Å². The summed E-state index contributed by atoms with van der Waals surface area (Å²) in [6.07, 6.45) is 0.179. The van der Waals surface area contributed by atoms with Crippen LogP contribution in [0, 0.1) is 5.92 Å². The summed E-state index contributed by atoms with van der Waals surface area (Å²) in [7, 11) is -0.828. The van der Waals surface area contributed by atoms with Gasteiger partial charge in [0.2, 0.25) is 0 Å². The average molecular weight is 829 g/mol. The fourth-order valence-corrected chi connectivity index (χ4v) is 13.8. The number of fused-ring (bicyclic) bond motifs is 2. The first kappa shape index (κ1) is 39.4. The van der Waals surface area contributed by atoms with Crippen molar-refractivity contribution >= 4 is 48.4 Å². The van der Waals surface area contributed by atoms with Gasteiger partial charge in [0.05, 0.1) is 52.8 Å². The number of aryl methyl sites for hydroxylation is 1. The second kappa shape index (κ2) is 15.5. The number of carbonyl (C=O) groups excluding carboxylic acids is 3. The summed E-state index contributed by atoms with van der Waals surface area (Å²) in [4.78, 5) is 45.6. The summed E-state index contributed by atoms with van der Waals surface area (Å²) in [5.74, 6) is 0.307. The van der Waals surface area contributed by atoms with Crippen LogP contribution in [-0.4, -0.2) is 85.8 Å². The van der Waals surface area contributed by atoms with Gasteiger partial charge < -0.3 is 29.0 Å². The summed E-state index contributed by atoms with van der Waals surface area (Å²) in [6, 6.07) is 30.9. The minimum Gasteiger partial charge on any atom is -0.497 e. The second-order valence-corrected chi connectivity index (χ2v) is 21.1. The van der Waals surface area contributed by atoms with Gasteiger partial charge in [0.1, 0.15) is 30.8 Å². The van der Waals surface area contributed by atoms with Crippen molar-refractivity contribution in [1.82, 2.24) is 15.0 Å².